The van der Waals surface area contributed by atoms with Gasteiger partial charge in [-0.15, -0.1) is 6.42 Å². The highest BCUT2D eigenvalue weighted by atomic mass is 79.9. The molecule has 0 radical (unpaired) electrons. The van der Waals surface area contributed by atoms with E-state index in [4.69, 9.17) is 6.42 Å². The molecule has 1 N–H and O–H groups in total. The first-order valence-electron chi connectivity index (χ1n) is 4.57. The minimum absolute atomic E-state index is 0.0321. The lowest BCUT2D eigenvalue weighted by Gasteiger charge is -2.13. The molecule has 0 saturated heterocycles. The second kappa shape index (κ2) is 7.84. The van der Waals surface area contributed by atoms with Crippen LogP contribution in [0, 0.1) is 12.3 Å². The summed E-state index contributed by atoms with van der Waals surface area (Å²) in [6.07, 6.45) is 7.24. The Hall–Kier alpha value is -0.530. The predicted octanol–water partition coefficient (Wildman–Crippen LogP) is 1.31. The smallest absolute Gasteiger partial charge is 0.320 e. The van der Waals surface area contributed by atoms with Gasteiger partial charge in [-0.05, 0) is 6.42 Å². The fourth-order valence-electron chi connectivity index (χ4n) is 0.990. The van der Waals surface area contributed by atoms with Crippen LogP contribution in [-0.2, 0) is 9.53 Å². The Kier molecular flexibility index (Phi) is 7.54. The van der Waals surface area contributed by atoms with Gasteiger partial charge in [0.25, 0.3) is 0 Å². The maximum Gasteiger partial charge on any atom is 0.320 e. The minimum atomic E-state index is -0.333. The van der Waals surface area contributed by atoms with Gasteiger partial charge >= 0.3 is 5.97 Å². The second-order valence-electron chi connectivity index (χ2n) is 2.91. The van der Waals surface area contributed by atoms with Crippen molar-refractivity contribution in [1.82, 2.24) is 5.32 Å². The van der Waals surface area contributed by atoms with Gasteiger partial charge in [0.2, 0.25) is 0 Å². The first kappa shape index (κ1) is 13.5. The number of esters is 1. The molecule has 0 aliphatic rings. The first-order valence-corrected chi connectivity index (χ1v) is 5.48. The Bertz CT molecular complexity index is 213. The maximum absolute atomic E-state index is 11.0. The van der Waals surface area contributed by atoms with E-state index in [1.807, 2.05) is 0 Å². The van der Waals surface area contributed by atoms with E-state index in [9.17, 15) is 4.79 Å². The normalized spacial score (nSPS) is 14.1. The molecule has 14 heavy (non-hydrogen) atoms. The van der Waals surface area contributed by atoms with Crippen LogP contribution in [0.4, 0.5) is 0 Å². The average Bonchev–Trinajstić information content (AvgIpc) is 2.22. The number of carbonyl (C=O) groups excluding carboxylic acids is 1. The zero-order valence-electron chi connectivity index (χ0n) is 8.55. The second-order valence-corrected chi connectivity index (χ2v) is 4.01. The fourth-order valence-corrected chi connectivity index (χ4v) is 1.36. The van der Waals surface area contributed by atoms with E-state index in [1.54, 1.807) is 0 Å². The van der Waals surface area contributed by atoms with Crippen LogP contribution >= 0.6 is 15.9 Å². The summed E-state index contributed by atoms with van der Waals surface area (Å²) in [6, 6.07) is 0.0321. The van der Waals surface area contributed by atoms with Gasteiger partial charge in [-0.2, -0.15) is 0 Å². The largest absolute Gasteiger partial charge is 0.468 e. The van der Waals surface area contributed by atoms with Gasteiger partial charge in [-0.25, -0.2) is 0 Å². The van der Waals surface area contributed by atoms with Crippen molar-refractivity contribution >= 4 is 21.9 Å². The Morgan fingerprint density at radius 1 is 1.71 bits per heavy atom. The molecule has 0 aromatic heterocycles. The number of halogens is 1. The summed E-state index contributed by atoms with van der Waals surface area (Å²) in [7, 11) is 1.36. The molecule has 0 saturated carbocycles. The zero-order chi connectivity index (χ0) is 11.0. The van der Waals surface area contributed by atoms with E-state index >= 15 is 0 Å². The van der Waals surface area contributed by atoms with Crippen molar-refractivity contribution < 1.29 is 9.53 Å². The average molecular weight is 262 g/mol. The van der Waals surface area contributed by atoms with Gasteiger partial charge < -0.3 is 10.1 Å². The lowest BCUT2D eigenvalue weighted by atomic mass is 10.2. The molecular weight excluding hydrogens is 246 g/mol. The number of methoxy groups -OCH3 is 1. The number of hydrogen-bond donors (Lipinski definition) is 1. The Morgan fingerprint density at radius 2 is 2.36 bits per heavy atom. The number of alkyl halides is 1. The Balaban J connectivity index is 3.80. The Morgan fingerprint density at radius 3 is 2.79 bits per heavy atom. The molecule has 0 rings (SSSR count). The lowest BCUT2D eigenvalue weighted by Crippen LogP contribution is -2.36. The predicted molar refractivity (Wildman–Crippen MR) is 60.3 cm³/mol. The van der Waals surface area contributed by atoms with Crippen molar-refractivity contribution in [3.05, 3.63) is 0 Å². The van der Waals surface area contributed by atoms with Crippen molar-refractivity contribution in [2.24, 2.45) is 0 Å². The van der Waals surface area contributed by atoms with E-state index in [1.165, 1.54) is 7.11 Å². The van der Waals surface area contributed by atoms with E-state index in [0.717, 1.165) is 12.8 Å². The number of ether oxygens (including phenoxy) is 1. The highest BCUT2D eigenvalue weighted by Gasteiger charge is 2.15. The standard InChI is InChI=1S/C10H16BrNO2/c1-4-6-8(5-2)12-7-9(11)10(13)14-3/h2,8-9,12H,4,6-7H2,1,3H3. The van der Waals surface area contributed by atoms with Crippen LogP contribution < -0.4 is 5.32 Å². The van der Waals surface area contributed by atoms with Crippen LogP contribution in [-0.4, -0.2) is 30.5 Å². The topological polar surface area (TPSA) is 38.3 Å². The highest BCUT2D eigenvalue weighted by molar-refractivity contribution is 9.10. The van der Waals surface area contributed by atoms with Gasteiger partial charge in [-0.3, -0.25) is 4.79 Å². The third-order valence-electron chi connectivity index (χ3n) is 1.78. The number of nitrogens with one attached hydrogen (secondary N) is 1. The molecule has 0 aliphatic carbocycles. The quantitative estimate of drug-likeness (QED) is 0.445. The molecule has 0 heterocycles. The molecule has 3 nitrogen and oxygen atoms in total. The molecule has 80 valence electrons. The summed E-state index contributed by atoms with van der Waals surface area (Å²) >= 11 is 3.21. The van der Waals surface area contributed by atoms with Crippen LogP contribution in [0.1, 0.15) is 19.8 Å². The van der Waals surface area contributed by atoms with Crippen LogP contribution in [0.15, 0.2) is 0 Å². The lowest BCUT2D eigenvalue weighted by molar-refractivity contribution is -0.139. The van der Waals surface area contributed by atoms with Crippen molar-refractivity contribution in [2.45, 2.75) is 30.6 Å². The van der Waals surface area contributed by atoms with Crippen molar-refractivity contribution in [3.63, 3.8) is 0 Å². The van der Waals surface area contributed by atoms with Crippen molar-refractivity contribution in [3.8, 4) is 12.3 Å². The molecule has 0 fully saturated rings. The molecule has 0 amide bonds. The molecule has 0 spiro atoms. The summed E-state index contributed by atoms with van der Waals surface area (Å²) in [5, 5.41) is 3.10. The van der Waals surface area contributed by atoms with Gasteiger partial charge in [0.1, 0.15) is 4.83 Å². The number of hydrogen-bond acceptors (Lipinski definition) is 3. The first-order chi connectivity index (χ1) is 6.65. The van der Waals surface area contributed by atoms with Gasteiger partial charge in [0, 0.05) is 6.54 Å². The zero-order valence-corrected chi connectivity index (χ0v) is 10.1. The van der Waals surface area contributed by atoms with E-state index < -0.39 is 0 Å². The third-order valence-corrected chi connectivity index (χ3v) is 2.48. The minimum Gasteiger partial charge on any atom is -0.468 e. The number of rotatable bonds is 6. The summed E-state index contributed by atoms with van der Waals surface area (Å²) in [4.78, 5) is 10.7. The monoisotopic (exact) mass is 261 g/mol. The van der Waals surface area contributed by atoms with Crippen LogP contribution in [0.3, 0.4) is 0 Å². The SMILES string of the molecule is C#CC(CCC)NCC(Br)C(=O)OC. The van der Waals surface area contributed by atoms with Crippen molar-refractivity contribution in [1.29, 1.82) is 0 Å². The van der Waals surface area contributed by atoms with E-state index in [2.05, 4.69) is 38.8 Å². The van der Waals surface area contributed by atoms with Crippen LogP contribution in [0.2, 0.25) is 0 Å². The van der Waals surface area contributed by atoms with Gasteiger partial charge in [-0.1, -0.05) is 35.2 Å². The molecule has 4 heteroatoms. The maximum atomic E-state index is 11.0. The highest BCUT2D eigenvalue weighted by Crippen LogP contribution is 2.02. The van der Waals surface area contributed by atoms with Gasteiger partial charge in [0.15, 0.2) is 0 Å². The molecule has 0 aliphatic heterocycles. The molecular formula is C10H16BrNO2. The number of terminal acetylenes is 1. The molecule has 2 atom stereocenters. The van der Waals surface area contributed by atoms with Crippen LogP contribution in [0.25, 0.3) is 0 Å². The molecule has 2 unspecified atom stereocenters. The van der Waals surface area contributed by atoms with E-state index in [0.29, 0.717) is 6.54 Å². The molecule has 0 aromatic carbocycles. The van der Waals surface area contributed by atoms with Gasteiger partial charge in [0.05, 0.1) is 13.2 Å². The Labute approximate surface area is 93.7 Å². The summed E-state index contributed by atoms with van der Waals surface area (Å²) in [6.45, 7) is 2.56. The van der Waals surface area contributed by atoms with E-state index in [-0.39, 0.29) is 16.8 Å². The number of carbonyl (C=O) groups is 1. The van der Waals surface area contributed by atoms with Crippen LogP contribution in [0.5, 0.6) is 0 Å². The third kappa shape index (κ3) is 5.25. The molecule has 0 aromatic rings. The summed E-state index contributed by atoms with van der Waals surface area (Å²) in [5.74, 6) is 2.34. The molecule has 0 bridgehead atoms. The summed E-state index contributed by atoms with van der Waals surface area (Å²) in [5.41, 5.74) is 0. The van der Waals surface area contributed by atoms with Crippen molar-refractivity contribution in [2.75, 3.05) is 13.7 Å². The fraction of sp³-hybridized carbons (Fsp3) is 0.700. The summed E-state index contributed by atoms with van der Waals surface area (Å²) < 4.78 is 4.56.